The summed E-state index contributed by atoms with van der Waals surface area (Å²) in [6, 6.07) is 2.99. The molecule has 2 N–H and O–H groups in total. The van der Waals surface area contributed by atoms with Crippen molar-refractivity contribution < 1.29 is 13.9 Å². The van der Waals surface area contributed by atoms with Crippen molar-refractivity contribution in [2.45, 2.75) is 50.3 Å². The number of benzene rings is 1. The number of hydrogen-bond acceptors (Lipinski definition) is 4. The van der Waals surface area contributed by atoms with Crippen molar-refractivity contribution in [1.29, 1.82) is 0 Å². The number of nitrogens with zero attached hydrogens (tertiary/aromatic N) is 2. The van der Waals surface area contributed by atoms with Crippen molar-refractivity contribution in [1.82, 2.24) is 14.9 Å². The number of hydrogen-bond donors (Lipinski definition) is 2. The quantitative estimate of drug-likeness (QED) is 0.878. The Kier molecular flexibility index (Phi) is 3.28. The fraction of sp³-hybridized carbons (Fsp3) is 0.556. The SMILES string of the molecule is O=C1NCCn2c(NC3CCOC4(CCC4)C3)nc3cc(F)cc1c32. The molecule has 1 aromatic carbocycles. The molecule has 1 aromatic heterocycles. The lowest BCUT2D eigenvalue weighted by Gasteiger charge is -2.47. The van der Waals surface area contributed by atoms with Crippen LogP contribution < -0.4 is 10.6 Å². The van der Waals surface area contributed by atoms with Gasteiger partial charge in [0.15, 0.2) is 0 Å². The summed E-state index contributed by atoms with van der Waals surface area (Å²) in [6.07, 6.45) is 5.42. The number of halogens is 1. The molecule has 2 aliphatic heterocycles. The van der Waals surface area contributed by atoms with Crippen LogP contribution in [0.4, 0.5) is 10.3 Å². The van der Waals surface area contributed by atoms with Crippen LogP contribution in [0.5, 0.6) is 0 Å². The molecule has 2 aromatic rings. The maximum atomic E-state index is 13.9. The first-order valence-corrected chi connectivity index (χ1v) is 9.02. The molecule has 1 aliphatic carbocycles. The monoisotopic (exact) mass is 344 g/mol. The predicted octanol–water partition coefficient (Wildman–Crippen LogP) is 2.43. The fourth-order valence-corrected chi connectivity index (χ4v) is 4.36. The molecular weight excluding hydrogens is 323 g/mol. The van der Waals surface area contributed by atoms with Gasteiger partial charge in [-0.3, -0.25) is 4.79 Å². The number of carbonyl (C=O) groups is 1. The summed E-state index contributed by atoms with van der Waals surface area (Å²) >= 11 is 0. The molecule has 7 heteroatoms. The number of rotatable bonds is 2. The summed E-state index contributed by atoms with van der Waals surface area (Å²) in [6.45, 7) is 1.89. The predicted molar refractivity (Wildman–Crippen MR) is 91.2 cm³/mol. The highest BCUT2D eigenvalue weighted by Crippen LogP contribution is 2.43. The van der Waals surface area contributed by atoms with Crippen LogP contribution in [0.15, 0.2) is 12.1 Å². The van der Waals surface area contributed by atoms with E-state index in [0.717, 1.165) is 38.2 Å². The zero-order valence-corrected chi connectivity index (χ0v) is 14.0. The van der Waals surface area contributed by atoms with Gasteiger partial charge in [-0.05, 0) is 38.2 Å². The van der Waals surface area contributed by atoms with E-state index in [0.29, 0.717) is 35.7 Å². The third-order valence-electron chi connectivity index (χ3n) is 5.76. The van der Waals surface area contributed by atoms with E-state index in [-0.39, 0.29) is 11.5 Å². The summed E-state index contributed by atoms with van der Waals surface area (Å²) in [5, 5.41) is 6.37. The molecule has 3 aliphatic rings. The summed E-state index contributed by atoms with van der Waals surface area (Å²) < 4.78 is 21.9. The first kappa shape index (κ1) is 15.1. The van der Waals surface area contributed by atoms with Crippen LogP contribution in [0.25, 0.3) is 11.0 Å². The average Bonchev–Trinajstić information content (AvgIpc) is 2.79. The highest BCUT2D eigenvalue weighted by atomic mass is 19.1. The van der Waals surface area contributed by atoms with Gasteiger partial charge < -0.3 is 19.9 Å². The van der Waals surface area contributed by atoms with Gasteiger partial charge in [-0.15, -0.1) is 0 Å². The van der Waals surface area contributed by atoms with Crippen molar-refractivity contribution in [3.8, 4) is 0 Å². The topological polar surface area (TPSA) is 68.2 Å². The molecule has 1 saturated carbocycles. The molecule has 1 unspecified atom stereocenters. The largest absolute Gasteiger partial charge is 0.375 e. The van der Waals surface area contributed by atoms with Gasteiger partial charge in [-0.25, -0.2) is 9.37 Å². The molecule has 2 fully saturated rings. The first-order chi connectivity index (χ1) is 12.1. The zero-order chi connectivity index (χ0) is 17.0. The van der Waals surface area contributed by atoms with Gasteiger partial charge in [0, 0.05) is 31.8 Å². The van der Waals surface area contributed by atoms with Gasteiger partial charge in [0.1, 0.15) is 5.82 Å². The Morgan fingerprint density at radius 1 is 1.40 bits per heavy atom. The van der Waals surface area contributed by atoms with Gasteiger partial charge in [-0.2, -0.15) is 0 Å². The Labute approximate surface area is 144 Å². The smallest absolute Gasteiger partial charge is 0.253 e. The Morgan fingerprint density at radius 2 is 2.28 bits per heavy atom. The van der Waals surface area contributed by atoms with E-state index < -0.39 is 5.82 Å². The highest BCUT2D eigenvalue weighted by Gasteiger charge is 2.42. The van der Waals surface area contributed by atoms with Crippen LogP contribution in [0.2, 0.25) is 0 Å². The van der Waals surface area contributed by atoms with Gasteiger partial charge in [0.25, 0.3) is 5.91 Å². The van der Waals surface area contributed by atoms with E-state index >= 15 is 0 Å². The van der Waals surface area contributed by atoms with Crippen LogP contribution in [0, 0.1) is 5.82 Å². The van der Waals surface area contributed by atoms with E-state index in [4.69, 9.17) is 4.74 Å². The molecule has 6 nitrogen and oxygen atoms in total. The average molecular weight is 344 g/mol. The van der Waals surface area contributed by atoms with Crippen molar-refractivity contribution in [2.24, 2.45) is 0 Å². The minimum atomic E-state index is -0.435. The van der Waals surface area contributed by atoms with Crippen LogP contribution in [0.1, 0.15) is 42.5 Å². The first-order valence-electron chi connectivity index (χ1n) is 9.02. The minimum Gasteiger partial charge on any atom is -0.375 e. The van der Waals surface area contributed by atoms with Crippen LogP contribution in [-0.2, 0) is 11.3 Å². The van der Waals surface area contributed by atoms with E-state index in [1.165, 1.54) is 18.6 Å². The highest BCUT2D eigenvalue weighted by molar-refractivity contribution is 6.06. The molecule has 25 heavy (non-hydrogen) atoms. The van der Waals surface area contributed by atoms with Crippen molar-refractivity contribution in [3.05, 3.63) is 23.5 Å². The number of amides is 1. The van der Waals surface area contributed by atoms with Crippen molar-refractivity contribution >= 4 is 22.9 Å². The number of imidazole rings is 1. The molecule has 1 amide bonds. The third-order valence-corrected chi connectivity index (χ3v) is 5.76. The number of ether oxygens (including phenoxy) is 1. The Morgan fingerprint density at radius 3 is 3.08 bits per heavy atom. The van der Waals surface area contributed by atoms with Crippen LogP contribution in [-0.4, -0.2) is 40.3 Å². The van der Waals surface area contributed by atoms with Crippen LogP contribution in [0.3, 0.4) is 0 Å². The molecular formula is C18H21FN4O2. The lowest BCUT2D eigenvalue weighted by atomic mass is 9.74. The number of nitrogens with one attached hydrogen (secondary N) is 2. The number of anilines is 1. The minimum absolute atomic E-state index is 0.0511. The summed E-state index contributed by atoms with van der Waals surface area (Å²) in [7, 11) is 0. The van der Waals surface area contributed by atoms with Gasteiger partial charge in [-0.1, -0.05) is 0 Å². The van der Waals surface area contributed by atoms with E-state index in [1.54, 1.807) is 0 Å². The van der Waals surface area contributed by atoms with Crippen molar-refractivity contribution in [3.63, 3.8) is 0 Å². The lowest BCUT2D eigenvalue weighted by molar-refractivity contribution is -0.130. The van der Waals surface area contributed by atoms with E-state index in [2.05, 4.69) is 15.6 Å². The lowest BCUT2D eigenvalue weighted by Crippen LogP contribution is -2.49. The van der Waals surface area contributed by atoms with E-state index in [9.17, 15) is 9.18 Å². The van der Waals surface area contributed by atoms with Gasteiger partial charge >= 0.3 is 0 Å². The molecule has 1 spiro atoms. The summed E-state index contributed by atoms with van der Waals surface area (Å²) in [5.74, 6) is 0.0455. The molecule has 3 heterocycles. The van der Waals surface area contributed by atoms with Gasteiger partial charge in [0.05, 0.1) is 22.2 Å². The fourth-order valence-electron chi connectivity index (χ4n) is 4.36. The Bertz CT molecular complexity index is 858. The standard InChI is InChI=1S/C18H21FN4O2/c19-11-8-13-15-14(9-11)22-17(23(15)6-5-20-16(13)24)21-12-2-7-25-18(10-12)3-1-4-18/h8-9,12H,1-7,10H2,(H,20,24)(H,21,22). The second-order valence-corrected chi connectivity index (χ2v) is 7.38. The molecule has 1 saturated heterocycles. The van der Waals surface area contributed by atoms with Gasteiger partial charge in [0.2, 0.25) is 5.95 Å². The molecule has 132 valence electrons. The summed E-state index contributed by atoms with van der Waals surface area (Å²) in [5.41, 5.74) is 1.65. The maximum absolute atomic E-state index is 13.9. The number of aromatic nitrogens is 2. The second kappa shape index (κ2) is 5.42. The number of carbonyl (C=O) groups excluding carboxylic acids is 1. The van der Waals surface area contributed by atoms with Crippen LogP contribution >= 0.6 is 0 Å². The van der Waals surface area contributed by atoms with Crippen molar-refractivity contribution in [2.75, 3.05) is 18.5 Å². The zero-order valence-electron chi connectivity index (χ0n) is 14.0. The molecule has 0 radical (unpaired) electrons. The second-order valence-electron chi connectivity index (χ2n) is 7.38. The summed E-state index contributed by atoms with van der Waals surface area (Å²) in [4.78, 5) is 16.8. The molecule has 5 rings (SSSR count). The van der Waals surface area contributed by atoms with E-state index in [1.807, 2.05) is 4.57 Å². The Hall–Kier alpha value is -2.15. The Balaban J connectivity index is 1.52. The normalized spacial score (nSPS) is 24.7. The molecule has 0 bridgehead atoms. The molecule has 1 atom stereocenters. The third kappa shape index (κ3) is 2.40. The maximum Gasteiger partial charge on any atom is 0.253 e.